The number of nitrogens with two attached hydrogens (primary N) is 1. The van der Waals surface area contributed by atoms with Crippen LogP contribution < -0.4 is 5.73 Å². The molecule has 23 heavy (non-hydrogen) atoms. The van der Waals surface area contributed by atoms with Gasteiger partial charge in [0.15, 0.2) is 5.96 Å². The number of oxazole rings is 1. The Labute approximate surface area is 152 Å². The number of benzene rings is 1. The van der Waals surface area contributed by atoms with E-state index in [1.54, 1.807) is 6.26 Å². The van der Waals surface area contributed by atoms with Crippen LogP contribution in [0.15, 0.2) is 46.0 Å². The number of morpholine rings is 1. The van der Waals surface area contributed by atoms with Crippen molar-refractivity contribution in [1.82, 2.24) is 9.88 Å². The summed E-state index contributed by atoms with van der Waals surface area (Å²) in [6.45, 7) is 4.66. The molecule has 1 fully saturated rings. The van der Waals surface area contributed by atoms with E-state index in [1.165, 1.54) is 0 Å². The molecule has 2 N–H and O–H groups in total. The number of hydrogen-bond acceptors (Lipinski definition) is 4. The van der Waals surface area contributed by atoms with E-state index in [0.717, 1.165) is 24.3 Å². The molecule has 2 aromatic rings. The maximum atomic E-state index is 6.04. The van der Waals surface area contributed by atoms with Crippen LogP contribution in [0.25, 0.3) is 11.5 Å². The van der Waals surface area contributed by atoms with Crippen LogP contribution in [0, 0.1) is 0 Å². The molecule has 0 spiro atoms. The van der Waals surface area contributed by atoms with Gasteiger partial charge in [-0.25, -0.2) is 9.98 Å². The van der Waals surface area contributed by atoms with Crippen LogP contribution in [0.5, 0.6) is 0 Å². The first kappa shape index (κ1) is 17.7. The summed E-state index contributed by atoms with van der Waals surface area (Å²) in [7, 11) is 0. The van der Waals surface area contributed by atoms with Crippen LogP contribution in [0.2, 0.25) is 0 Å². The van der Waals surface area contributed by atoms with Crippen molar-refractivity contribution >= 4 is 29.9 Å². The minimum Gasteiger partial charge on any atom is -0.444 e. The molecule has 6 nitrogen and oxygen atoms in total. The zero-order chi connectivity index (χ0) is 15.4. The molecule has 0 bridgehead atoms. The molecule has 124 valence electrons. The molecule has 1 unspecified atom stereocenters. The summed E-state index contributed by atoms with van der Waals surface area (Å²) in [6, 6.07) is 9.79. The van der Waals surface area contributed by atoms with Crippen LogP contribution in [0.4, 0.5) is 0 Å². The first-order valence-corrected chi connectivity index (χ1v) is 7.38. The van der Waals surface area contributed by atoms with Crippen molar-refractivity contribution in [2.24, 2.45) is 10.7 Å². The van der Waals surface area contributed by atoms with Crippen molar-refractivity contribution in [2.45, 2.75) is 19.6 Å². The van der Waals surface area contributed by atoms with Gasteiger partial charge >= 0.3 is 0 Å². The van der Waals surface area contributed by atoms with E-state index in [0.29, 0.717) is 25.0 Å². The van der Waals surface area contributed by atoms with Gasteiger partial charge in [0, 0.05) is 18.7 Å². The monoisotopic (exact) mass is 428 g/mol. The van der Waals surface area contributed by atoms with Crippen molar-refractivity contribution < 1.29 is 9.15 Å². The third kappa shape index (κ3) is 4.68. The van der Waals surface area contributed by atoms with Gasteiger partial charge in [0.25, 0.3) is 0 Å². The van der Waals surface area contributed by atoms with Crippen molar-refractivity contribution in [1.29, 1.82) is 0 Å². The Morgan fingerprint density at radius 2 is 2.17 bits per heavy atom. The van der Waals surface area contributed by atoms with Crippen LogP contribution in [-0.4, -0.2) is 41.6 Å². The lowest BCUT2D eigenvalue weighted by Crippen LogP contribution is -2.47. The molecule has 1 aromatic heterocycles. The van der Waals surface area contributed by atoms with E-state index >= 15 is 0 Å². The van der Waals surface area contributed by atoms with E-state index in [1.807, 2.05) is 42.2 Å². The maximum absolute atomic E-state index is 6.04. The highest BCUT2D eigenvalue weighted by Gasteiger charge is 2.18. The summed E-state index contributed by atoms with van der Waals surface area (Å²) in [5.74, 6) is 1.13. The number of rotatable bonds is 3. The molecule has 7 heteroatoms. The fraction of sp³-hybridized carbons (Fsp3) is 0.375. The van der Waals surface area contributed by atoms with E-state index in [2.05, 4.69) is 9.98 Å². The van der Waals surface area contributed by atoms with Crippen molar-refractivity contribution in [3.8, 4) is 11.5 Å². The number of guanidine groups is 1. The average molecular weight is 428 g/mol. The van der Waals surface area contributed by atoms with Gasteiger partial charge in [0.05, 0.1) is 19.3 Å². The molecule has 0 saturated carbocycles. The van der Waals surface area contributed by atoms with Gasteiger partial charge in [-0.15, -0.1) is 24.0 Å². The number of aliphatic imine (C=N–C) groups is 1. The highest BCUT2D eigenvalue weighted by atomic mass is 127. The number of ether oxygens (including phenoxy) is 1. The van der Waals surface area contributed by atoms with Crippen molar-refractivity contribution in [3.05, 3.63) is 42.3 Å². The largest absolute Gasteiger partial charge is 0.444 e. The summed E-state index contributed by atoms with van der Waals surface area (Å²) in [4.78, 5) is 10.9. The molecular weight excluding hydrogens is 407 g/mol. The number of nitrogens with zero attached hydrogens (tertiary/aromatic N) is 3. The molecule has 2 heterocycles. The molecule has 1 aliphatic heterocycles. The predicted molar refractivity (Wildman–Crippen MR) is 99.7 cm³/mol. The molecule has 0 radical (unpaired) electrons. The highest BCUT2D eigenvalue weighted by molar-refractivity contribution is 14.0. The smallest absolute Gasteiger partial charge is 0.226 e. The van der Waals surface area contributed by atoms with Crippen molar-refractivity contribution in [3.63, 3.8) is 0 Å². The summed E-state index contributed by atoms with van der Waals surface area (Å²) < 4.78 is 11.0. The van der Waals surface area contributed by atoms with Gasteiger partial charge in [-0.05, 0) is 19.1 Å². The Morgan fingerprint density at radius 1 is 1.39 bits per heavy atom. The molecule has 1 atom stereocenters. The minimum absolute atomic E-state index is 0. The topological polar surface area (TPSA) is 76.9 Å². The van der Waals surface area contributed by atoms with Gasteiger partial charge in [0.1, 0.15) is 12.0 Å². The van der Waals surface area contributed by atoms with E-state index in [9.17, 15) is 0 Å². The third-order valence-electron chi connectivity index (χ3n) is 3.54. The van der Waals surface area contributed by atoms with Crippen LogP contribution in [0.3, 0.4) is 0 Å². The molecule has 1 saturated heterocycles. The molecule has 1 aromatic carbocycles. The second-order valence-corrected chi connectivity index (χ2v) is 5.31. The average Bonchev–Trinajstić information content (AvgIpc) is 3.02. The fourth-order valence-corrected chi connectivity index (χ4v) is 2.38. The second-order valence-electron chi connectivity index (χ2n) is 5.31. The first-order valence-electron chi connectivity index (χ1n) is 7.38. The van der Waals surface area contributed by atoms with Crippen molar-refractivity contribution in [2.75, 3.05) is 19.7 Å². The maximum Gasteiger partial charge on any atom is 0.226 e. The molecule has 1 aliphatic rings. The number of halogens is 1. The van der Waals surface area contributed by atoms with E-state index in [-0.39, 0.29) is 30.1 Å². The van der Waals surface area contributed by atoms with Crippen LogP contribution in [-0.2, 0) is 11.3 Å². The predicted octanol–water partition coefficient (Wildman–Crippen LogP) is 2.50. The van der Waals surface area contributed by atoms with Gasteiger partial charge in [0.2, 0.25) is 5.89 Å². The zero-order valence-electron chi connectivity index (χ0n) is 13.0. The lowest BCUT2D eigenvalue weighted by molar-refractivity contribution is 0.00528. The van der Waals surface area contributed by atoms with E-state index < -0.39 is 0 Å². The van der Waals surface area contributed by atoms with E-state index in [4.69, 9.17) is 14.9 Å². The highest BCUT2D eigenvalue weighted by Crippen LogP contribution is 2.18. The molecule has 0 amide bonds. The minimum atomic E-state index is 0. The summed E-state index contributed by atoms with van der Waals surface area (Å²) in [5.41, 5.74) is 7.76. The Hall–Kier alpha value is -1.61. The van der Waals surface area contributed by atoms with Crippen LogP contribution in [0.1, 0.15) is 12.6 Å². The number of hydrogen-bond donors (Lipinski definition) is 1. The summed E-state index contributed by atoms with van der Waals surface area (Å²) in [5, 5.41) is 0. The lowest BCUT2D eigenvalue weighted by atomic mass is 10.2. The number of aromatic nitrogens is 1. The third-order valence-corrected chi connectivity index (χ3v) is 3.54. The quantitative estimate of drug-likeness (QED) is 0.462. The van der Waals surface area contributed by atoms with Gasteiger partial charge < -0.3 is 19.8 Å². The van der Waals surface area contributed by atoms with Gasteiger partial charge in [-0.2, -0.15) is 0 Å². The Morgan fingerprint density at radius 3 is 2.91 bits per heavy atom. The van der Waals surface area contributed by atoms with Gasteiger partial charge in [-0.3, -0.25) is 0 Å². The normalized spacial score (nSPS) is 18.6. The van der Waals surface area contributed by atoms with Crippen LogP contribution >= 0.6 is 24.0 Å². The molecular formula is C16H21IN4O2. The van der Waals surface area contributed by atoms with Gasteiger partial charge in [-0.1, -0.05) is 18.2 Å². The molecule has 0 aliphatic carbocycles. The SMILES string of the molecule is CC1CN(C(N)=NCc2coc(-c3ccccc3)n2)CCO1.I. The Balaban J connectivity index is 0.00000192. The first-order chi connectivity index (χ1) is 10.7. The summed E-state index contributed by atoms with van der Waals surface area (Å²) in [6.07, 6.45) is 1.81. The second kappa shape index (κ2) is 8.30. The standard InChI is InChI=1S/C16H20N4O2.HI/c1-12-10-20(7-8-21-12)16(17)18-9-14-11-22-15(19-14)13-5-3-2-4-6-13;/h2-6,11-12H,7-10H2,1H3,(H2,17,18);1H. The summed E-state index contributed by atoms with van der Waals surface area (Å²) >= 11 is 0. The lowest BCUT2D eigenvalue weighted by Gasteiger charge is -2.31. The Kier molecular flexibility index (Phi) is 6.40. The zero-order valence-corrected chi connectivity index (χ0v) is 15.3. The Bertz CT molecular complexity index is 645. The fourth-order valence-electron chi connectivity index (χ4n) is 2.38. The molecule has 3 rings (SSSR count).